The van der Waals surface area contributed by atoms with Crippen molar-refractivity contribution in [1.29, 1.82) is 0 Å². The van der Waals surface area contributed by atoms with Crippen molar-refractivity contribution in [3.63, 3.8) is 0 Å². The maximum atomic E-state index is 12.5. The summed E-state index contributed by atoms with van der Waals surface area (Å²) < 4.78 is 0. The average molecular weight is 460 g/mol. The van der Waals surface area contributed by atoms with E-state index in [0.29, 0.717) is 38.8 Å². The van der Waals surface area contributed by atoms with Gasteiger partial charge in [0.05, 0.1) is 12.6 Å². The zero-order valence-corrected chi connectivity index (χ0v) is 18.3. The summed E-state index contributed by atoms with van der Waals surface area (Å²) in [5.41, 5.74) is 21.6. The third kappa shape index (κ3) is 13.5. The first-order chi connectivity index (χ1) is 15.1. The molecular formula is C19H37N7O6. The van der Waals surface area contributed by atoms with Crippen LogP contribution >= 0.6 is 0 Å². The molecule has 0 heterocycles. The normalized spacial score (nSPS) is 13.5. The van der Waals surface area contributed by atoms with Gasteiger partial charge in [0.2, 0.25) is 23.6 Å². The molecule has 184 valence electrons. The van der Waals surface area contributed by atoms with Gasteiger partial charge in [0.15, 0.2) is 0 Å². The number of nitrogens with two attached hydrogens (primary N) is 4. The minimum Gasteiger partial charge on any atom is -0.480 e. The van der Waals surface area contributed by atoms with Crippen LogP contribution in [0.4, 0.5) is 0 Å². The average Bonchev–Trinajstić information content (AvgIpc) is 2.73. The molecule has 0 fully saturated rings. The van der Waals surface area contributed by atoms with Crippen molar-refractivity contribution in [2.75, 3.05) is 19.6 Å². The third-order valence-electron chi connectivity index (χ3n) is 4.62. The third-order valence-corrected chi connectivity index (χ3v) is 4.62. The minimum absolute atomic E-state index is 0.130. The molecule has 0 aliphatic heterocycles. The Morgan fingerprint density at radius 3 is 1.91 bits per heavy atom. The molecule has 3 unspecified atom stereocenters. The SMILES string of the molecule is NCCCCC(N)C(=O)NCC(=O)NC(CCC(N)=O)C(=O)NC(CCCCN)C(=O)O. The van der Waals surface area contributed by atoms with E-state index in [1.807, 2.05) is 0 Å². The molecule has 13 nitrogen and oxygen atoms in total. The number of carbonyl (C=O) groups is 5. The molecule has 0 aromatic rings. The highest BCUT2D eigenvalue weighted by molar-refractivity contribution is 5.92. The number of primary amides is 1. The van der Waals surface area contributed by atoms with Gasteiger partial charge in [0.25, 0.3) is 0 Å². The summed E-state index contributed by atoms with van der Waals surface area (Å²) in [7, 11) is 0. The van der Waals surface area contributed by atoms with Gasteiger partial charge in [-0.05, 0) is 51.6 Å². The predicted molar refractivity (Wildman–Crippen MR) is 117 cm³/mol. The highest BCUT2D eigenvalue weighted by Gasteiger charge is 2.27. The number of carbonyl (C=O) groups excluding carboxylic acids is 4. The number of unbranched alkanes of at least 4 members (excludes halogenated alkanes) is 2. The molecule has 13 heteroatoms. The Balaban J connectivity index is 4.86. The summed E-state index contributed by atoms with van der Waals surface area (Å²) in [6.07, 6.45) is 2.71. The monoisotopic (exact) mass is 459 g/mol. The Bertz CT molecular complexity index is 631. The van der Waals surface area contributed by atoms with Crippen LogP contribution in [0.2, 0.25) is 0 Å². The molecule has 0 aromatic carbocycles. The molecule has 0 saturated carbocycles. The number of carboxylic acids is 1. The molecule has 0 aliphatic carbocycles. The second-order valence-electron chi connectivity index (χ2n) is 7.42. The van der Waals surface area contributed by atoms with Gasteiger partial charge in [-0.2, -0.15) is 0 Å². The number of rotatable bonds is 18. The Hall–Kier alpha value is -2.77. The van der Waals surface area contributed by atoms with Gasteiger partial charge in [-0.25, -0.2) is 4.79 Å². The van der Waals surface area contributed by atoms with E-state index in [4.69, 9.17) is 22.9 Å². The molecule has 0 rings (SSSR count). The van der Waals surface area contributed by atoms with Crippen molar-refractivity contribution < 1.29 is 29.1 Å². The Morgan fingerprint density at radius 2 is 1.38 bits per heavy atom. The molecule has 0 radical (unpaired) electrons. The van der Waals surface area contributed by atoms with E-state index in [0.717, 1.165) is 6.42 Å². The van der Waals surface area contributed by atoms with Gasteiger partial charge in [-0.1, -0.05) is 6.42 Å². The largest absolute Gasteiger partial charge is 0.480 e. The smallest absolute Gasteiger partial charge is 0.326 e. The molecule has 0 spiro atoms. The summed E-state index contributed by atoms with van der Waals surface area (Å²) in [4.78, 5) is 59.2. The maximum absolute atomic E-state index is 12.5. The predicted octanol–water partition coefficient (Wildman–Crippen LogP) is -2.99. The molecule has 32 heavy (non-hydrogen) atoms. The van der Waals surface area contributed by atoms with Crippen LogP contribution in [0.25, 0.3) is 0 Å². The van der Waals surface area contributed by atoms with Crippen molar-refractivity contribution in [3.8, 4) is 0 Å². The van der Waals surface area contributed by atoms with Crippen molar-refractivity contribution in [2.45, 2.75) is 69.5 Å². The molecule has 12 N–H and O–H groups in total. The first kappa shape index (κ1) is 29.2. The van der Waals surface area contributed by atoms with Crippen LogP contribution in [0.1, 0.15) is 51.4 Å². The molecule has 0 aromatic heterocycles. The van der Waals surface area contributed by atoms with Crippen LogP contribution < -0.4 is 38.9 Å². The van der Waals surface area contributed by atoms with E-state index in [1.165, 1.54) is 0 Å². The first-order valence-electron chi connectivity index (χ1n) is 10.7. The molecule has 0 aliphatic rings. The van der Waals surface area contributed by atoms with Crippen molar-refractivity contribution in [3.05, 3.63) is 0 Å². The Kier molecular flexibility index (Phi) is 15.4. The van der Waals surface area contributed by atoms with Crippen molar-refractivity contribution in [2.24, 2.45) is 22.9 Å². The van der Waals surface area contributed by atoms with E-state index in [-0.39, 0.29) is 19.3 Å². The van der Waals surface area contributed by atoms with Crippen LogP contribution in [0.5, 0.6) is 0 Å². The Morgan fingerprint density at radius 1 is 0.781 bits per heavy atom. The number of hydrogen-bond donors (Lipinski definition) is 8. The number of nitrogens with one attached hydrogen (secondary N) is 3. The zero-order valence-electron chi connectivity index (χ0n) is 18.3. The lowest BCUT2D eigenvalue weighted by Gasteiger charge is -2.21. The zero-order chi connectivity index (χ0) is 24.5. The van der Waals surface area contributed by atoms with Crippen LogP contribution in [0.3, 0.4) is 0 Å². The van der Waals surface area contributed by atoms with Gasteiger partial charge < -0.3 is 44.0 Å². The van der Waals surface area contributed by atoms with Crippen LogP contribution in [0, 0.1) is 0 Å². The molecular weight excluding hydrogens is 422 g/mol. The van der Waals surface area contributed by atoms with Gasteiger partial charge in [-0.3, -0.25) is 19.2 Å². The number of hydrogen-bond acceptors (Lipinski definition) is 8. The van der Waals surface area contributed by atoms with Gasteiger partial charge in [0, 0.05) is 6.42 Å². The maximum Gasteiger partial charge on any atom is 0.326 e. The van der Waals surface area contributed by atoms with E-state index >= 15 is 0 Å². The van der Waals surface area contributed by atoms with Gasteiger partial charge in [0.1, 0.15) is 12.1 Å². The van der Waals surface area contributed by atoms with Gasteiger partial charge >= 0.3 is 5.97 Å². The van der Waals surface area contributed by atoms with Crippen molar-refractivity contribution >= 4 is 29.6 Å². The fourth-order valence-corrected chi connectivity index (χ4v) is 2.76. The minimum atomic E-state index is -1.23. The van der Waals surface area contributed by atoms with E-state index in [9.17, 15) is 29.1 Å². The van der Waals surface area contributed by atoms with Crippen LogP contribution in [0.15, 0.2) is 0 Å². The second kappa shape index (κ2) is 16.9. The van der Waals surface area contributed by atoms with E-state index < -0.39 is 54.3 Å². The fourth-order valence-electron chi connectivity index (χ4n) is 2.76. The first-order valence-corrected chi connectivity index (χ1v) is 10.7. The second-order valence-corrected chi connectivity index (χ2v) is 7.42. The highest BCUT2D eigenvalue weighted by atomic mass is 16.4. The number of amides is 4. The topological polar surface area (TPSA) is 246 Å². The summed E-state index contributed by atoms with van der Waals surface area (Å²) in [5.74, 6) is -3.92. The standard InChI is InChI=1S/C19H37N7O6/c20-9-3-1-5-12(22)17(29)24-11-16(28)25-13(7-8-15(23)27)18(30)26-14(19(31)32)6-2-4-10-21/h12-14H,1-11,20-22H2,(H2,23,27)(H,24,29)(H,25,28)(H,26,30)(H,31,32). The highest BCUT2D eigenvalue weighted by Crippen LogP contribution is 2.04. The number of carboxylic acid groups (broad SMARTS) is 1. The summed E-state index contributed by atoms with van der Waals surface area (Å²) in [5, 5.41) is 16.4. The lowest BCUT2D eigenvalue weighted by Crippen LogP contribution is -2.53. The van der Waals surface area contributed by atoms with E-state index in [2.05, 4.69) is 16.0 Å². The molecule has 3 atom stereocenters. The number of aliphatic carboxylic acids is 1. The van der Waals surface area contributed by atoms with Crippen molar-refractivity contribution in [1.82, 2.24) is 16.0 Å². The summed E-state index contributed by atoms with van der Waals surface area (Å²) >= 11 is 0. The fraction of sp³-hybridized carbons (Fsp3) is 0.737. The van der Waals surface area contributed by atoms with E-state index in [1.54, 1.807) is 0 Å². The lowest BCUT2D eigenvalue weighted by atomic mass is 10.1. The lowest BCUT2D eigenvalue weighted by molar-refractivity contribution is -0.142. The quantitative estimate of drug-likeness (QED) is 0.0972. The Labute approximate surface area is 187 Å². The van der Waals surface area contributed by atoms with Crippen LogP contribution in [-0.2, 0) is 24.0 Å². The summed E-state index contributed by atoms with van der Waals surface area (Å²) in [6, 6.07) is -3.18. The van der Waals surface area contributed by atoms with Gasteiger partial charge in [-0.15, -0.1) is 0 Å². The molecule has 0 bridgehead atoms. The summed E-state index contributed by atoms with van der Waals surface area (Å²) in [6.45, 7) is 0.434. The molecule has 4 amide bonds. The van der Waals surface area contributed by atoms with Crippen LogP contribution in [-0.4, -0.2) is 72.5 Å². The molecule has 0 saturated heterocycles.